The maximum atomic E-state index is 5.43. The molecule has 0 radical (unpaired) electrons. The van der Waals surface area contributed by atoms with Crippen LogP contribution in [0.25, 0.3) is 0 Å². The summed E-state index contributed by atoms with van der Waals surface area (Å²) in [5.41, 5.74) is 2.25. The highest BCUT2D eigenvalue weighted by molar-refractivity contribution is 5.63. The second-order valence-corrected chi connectivity index (χ2v) is 4.76. The zero-order valence-electron chi connectivity index (χ0n) is 13.0. The van der Waals surface area contributed by atoms with Crippen molar-refractivity contribution < 1.29 is 4.74 Å². The molecule has 0 fully saturated rings. The summed E-state index contributed by atoms with van der Waals surface area (Å²) in [5.74, 6) is 2.02. The molecule has 21 heavy (non-hydrogen) atoms. The van der Waals surface area contributed by atoms with Gasteiger partial charge in [-0.2, -0.15) is 5.10 Å². The SMILES string of the molecule is CCCNc1ncnc(NCc2cnn(C)c2C)c1OC. The van der Waals surface area contributed by atoms with Crippen molar-refractivity contribution in [1.82, 2.24) is 19.7 Å². The Labute approximate surface area is 124 Å². The Morgan fingerprint density at radius 1 is 1.24 bits per heavy atom. The highest BCUT2D eigenvalue weighted by Crippen LogP contribution is 2.29. The summed E-state index contributed by atoms with van der Waals surface area (Å²) < 4.78 is 7.28. The summed E-state index contributed by atoms with van der Waals surface area (Å²) in [7, 11) is 3.55. The number of anilines is 2. The highest BCUT2D eigenvalue weighted by Gasteiger charge is 2.12. The molecule has 2 aromatic heterocycles. The van der Waals surface area contributed by atoms with Gasteiger partial charge in [-0.15, -0.1) is 0 Å². The number of rotatable bonds is 7. The molecule has 0 unspecified atom stereocenters. The Morgan fingerprint density at radius 3 is 2.52 bits per heavy atom. The number of hydrogen-bond donors (Lipinski definition) is 2. The van der Waals surface area contributed by atoms with Crippen LogP contribution in [-0.2, 0) is 13.6 Å². The lowest BCUT2D eigenvalue weighted by Crippen LogP contribution is -2.09. The third kappa shape index (κ3) is 3.42. The van der Waals surface area contributed by atoms with Gasteiger partial charge in [-0.1, -0.05) is 6.92 Å². The molecule has 0 amide bonds. The van der Waals surface area contributed by atoms with E-state index in [1.165, 1.54) is 6.33 Å². The molecule has 0 aliphatic rings. The first-order valence-electron chi connectivity index (χ1n) is 7.01. The molecule has 0 atom stereocenters. The summed E-state index contributed by atoms with van der Waals surface area (Å²) in [6.45, 7) is 5.62. The molecule has 0 aliphatic carbocycles. The summed E-state index contributed by atoms with van der Waals surface area (Å²) in [4.78, 5) is 8.48. The van der Waals surface area contributed by atoms with Gasteiger partial charge in [-0.05, 0) is 13.3 Å². The van der Waals surface area contributed by atoms with Crippen LogP contribution in [0, 0.1) is 6.92 Å². The number of ether oxygens (including phenoxy) is 1. The zero-order valence-corrected chi connectivity index (χ0v) is 13.0. The molecule has 0 aromatic carbocycles. The average molecular weight is 290 g/mol. The second-order valence-electron chi connectivity index (χ2n) is 4.76. The quantitative estimate of drug-likeness (QED) is 0.812. The van der Waals surface area contributed by atoms with Gasteiger partial charge in [0.25, 0.3) is 0 Å². The van der Waals surface area contributed by atoms with Gasteiger partial charge in [0.2, 0.25) is 5.75 Å². The molecule has 2 heterocycles. The van der Waals surface area contributed by atoms with Gasteiger partial charge in [0.05, 0.1) is 13.3 Å². The van der Waals surface area contributed by atoms with Crippen molar-refractivity contribution in [2.75, 3.05) is 24.3 Å². The molecule has 2 N–H and O–H groups in total. The smallest absolute Gasteiger partial charge is 0.204 e. The molecule has 0 spiro atoms. The van der Waals surface area contributed by atoms with E-state index in [1.807, 2.05) is 24.9 Å². The molecule has 0 bridgehead atoms. The van der Waals surface area contributed by atoms with E-state index < -0.39 is 0 Å². The maximum Gasteiger partial charge on any atom is 0.204 e. The lowest BCUT2D eigenvalue weighted by atomic mass is 10.2. The number of nitrogens with one attached hydrogen (secondary N) is 2. The van der Waals surface area contributed by atoms with Crippen LogP contribution < -0.4 is 15.4 Å². The predicted octanol–water partition coefficient (Wildman–Crippen LogP) is 1.96. The van der Waals surface area contributed by atoms with Gasteiger partial charge >= 0.3 is 0 Å². The monoisotopic (exact) mass is 290 g/mol. The lowest BCUT2D eigenvalue weighted by molar-refractivity contribution is 0.414. The maximum absolute atomic E-state index is 5.43. The lowest BCUT2D eigenvalue weighted by Gasteiger charge is -2.13. The highest BCUT2D eigenvalue weighted by atomic mass is 16.5. The third-order valence-corrected chi connectivity index (χ3v) is 3.33. The Morgan fingerprint density at radius 2 is 1.95 bits per heavy atom. The standard InChI is InChI=1S/C14H22N6O/c1-5-6-15-13-12(21-4)14(18-9-17-13)16-7-11-8-19-20(3)10(11)2/h8-9H,5-7H2,1-4H3,(H2,15,16,17,18). The molecule has 0 saturated heterocycles. The summed E-state index contributed by atoms with van der Waals surface area (Å²) >= 11 is 0. The third-order valence-electron chi connectivity index (χ3n) is 3.33. The Kier molecular flexibility index (Phi) is 4.97. The van der Waals surface area contributed by atoms with Crippen molar-refractivity contribution in [3.63, 3.8) is 0 Å². The van der Waals surface area contributed by atoms with E-state index in [-0.39, 0.29) is 0 Å². The van der Waals surface area contributed by atoms with E-state index in [0.29, 0.717) is 23.9 Å². The van der Waals surface area contributed by atoms with Crippen LogP contribution in [0.1, 0.15) is 24.6 Å². The first kappa shape index (κ1) is 15.1. The van der Waals surface area contributed by atoms with Gasteiger partial charge in [-0.3, -0.25) is 4.68 Å². The number of hydrogen-bond acceptors (Lipinski definition) is 6. The van der Waals surface area contributed by atoms with Crippen molar-refractivity contribution >= 4 is 11.6 Å². The number of nitrogens with zero attached hydrogens (tertiary/aromatic N) is 4. The van der Waals surface area contributed by atoms with Gasteiger partial charge < -0.3 is 15.4 Å². The molecule has 7 heteroatoms. The topological polar surface area (TPSA) is 76.9 Å². The van der Waals surface area contributed by atoms with Gasteiger partial charge in [0, 0.05) is 31.4 Å². The van der Waals surface area contributed by atoms with E-state index in [0.717, 1.165) is 24.2 Å². The van der Waals surface area contributed by atoms with E-state index in [1.54, 1.807) is 7.11 Å². The van der Waals surface area contributed by atoms with Crippen LogP contribution in [0.15, 0.2) is 12.5 Å². The summed E-state index contributed by atoms with van der Waals surface area (Å²) in [6, 6.07) is 0. The summed E-state index contributed by atoms with van der Waals surface area (Å²) in [5, 5.41) is 10.7. The predicted molar refractivity (Wildman–Crippen MR) is 82.6 cm³/mol. The van der Waals surface area contributed by atoms with Crippen LogP contribution in [0.2, 0.25) is 0 Å². The first-order valence-corrected chi connectivity index (χ1v) is 7.01. The minimum absolute atomic E-state index is 0.632. The number of methoxy groups -OCH3 is 1. The van der Waals surface area contributed by atoms with Crippen LogP contribution in [0.3, 0.4) is 0 Å². The molecule has 7 nitrogen and oxygen atoms in total. The minimum Gasteiger partial charge on any atom is -0.490 e. The van der Waals surface area contributed by atoms with Crippen molar-refractivity contribution in [2.45, 2.75) is 26.8 Å². The van der Waals surface area contributed by atoms with Crippen molar-refractivity contribution in [1.29, 1.82) is 0 Å². The Hall–Kier alpha value is -2.31. The second kappa shape index (κ2) is 6.92. The fourth-order valence-electron chi connectivity index (χ4n) is 1.96. The Balaban J connectivity index is 2.14. The zero-order chi connectivity index (χ0) is 15.2. The van der Waals surface area contributed by atoms with Gasteiger partial charge in [0.1, 0.15) is 6.33 Å². The molecular formula is C14H22N6O. The number of aryl methyl sites for hydroxylation is 1. The van der Waals surface area contributed by atoms with Crippen LogP contribution in [0.4, 0.5) is 11.6 Å². The van der Waals surface area contributed by atoms with E-state index >= 15 is 0 Å². The fourth-order valence-corrected chi connectivity index (χ4v) is 1.96. The number of aromatic nitrogens is 4. The first-order chi connectivity index (χ1) is 10.2. The van der Waals surface area contributed by atoms with Crippen LogP contribution in [-0.4, -0.2) is 33.4 Å². The van der Waals surface area contributed by atoms with Crippen molar-refractivity contribution in [2.24, 2.45) is 7.05 Å². The minimum atomic E-state index is 0.632. The van der Waals surface area contributed by atoms with Gasteiger partial charge in [-0.25, -0.2) is 9.97 Å². The van der Waals surface area contributed by atoms with Crippen molar-refractivity contribution in [3.8, 4) is 5.75 Å². The normalized spacial score (nSPS) is 10.5. The molecule has 114 valence electrons. The van der Waals surface area contributed by atoms with E-state index in [2.05, 4.69) is 32.6 Å². The molecular weight excluding hydrogens is 268 g/mol. The molecule has 0 saturated carbocycles. The fraction of sp³-hybridized carbons (Fsp3) is 0.500. The Bertz CT molecular complexity index is 595. The molecule has 0 aliphatic heterocycles. The van der Waals surface area contributed by atoms with E-state index in [9.17, 15) is 0 Å². The van der Waals surface area contributed by atoms with E-state index in [4.69, 9.17) is 4.74 Å². The average Bonchev–Trinajstić information content (AvgIpc) is 2.82. The molecule has 2 rings (SSSR count). The van der Waals surface area contributed by atoms with Crippen molar-refractivity contribution in [3.05, 3.63) is 23.8 Å². The van der Waals surface area contributed by atoms with Crippen LogP contribution in [0.5, 0.6) is 5.75 Å². The van der Waals surface area contributed by atoms with Crippen LogP contribution >= 0.6 is 0 Å². The van der Waals surface area contributed by atoms with Gasteiger partial charge in [0.15, 0.2) is 11.6 Å². The largest absolute Gasteiger partial charge is 0.490 e. The summed E-state index contributed by atoms with van der Waals surface area (Å²) in [6.07, 6.45) is 4.40. The molecule has 2 aromatic rings.